The summed E-state index contributed by atoms with van der Waals surface area (Å²) in [5.41, 5.74) is 1.47. The molecule has 7 heteroatoms. The molecule has 0 radical (unpaired) electrons. The number of morpholine rings is 1. The summed E-state index contributed by atoms with van der Waals surface area (Å²) in [5.74, 6) is 1.01. The molecule has 1 aromatic rings. The number of aliphatic imine (C=N–C) groups is 1. The molecular formula is C19H33N5O2. The molecule has 1 atom stereocenters. The van der Waals surface area contributed by atoms with Crippen LogP contribution in [0.25, 0.3) is 0 Å². The average molecular weight is 364 g/mol. The first-order chi connectivity index (χ1) is 12.7. The van der Waals surface area contributed by atoms with Gasteiger partial charge in [-0.3, -0.25) is 9.67 Å². The minimum Gasteiger partial charge on any atom is -0.385 e. The van der Waals surface area contributed by atoms with E-state index >= 15 is 0 Å². The molecule has 1 aliphatic heterocycles. The van der Waals surface area contributed by atoms with Gasteiger partial charge in [-0.15, -0.1) is 0 Å². The number of guanidine groups is 1. The maximum absolute atomic E-state index is 5.97. The van der Waals surface area contributed by atoms with Crippen LogP contribution >= 0.6 is 0 Å². The van der Waals surface area contributed by atoms with Crippen molar-refractivity contribution in [2.24, 2.45) is 17.5 Å². The van der Waals surface area contributed by atoms with Gasteiger partial charge in [0.05, 0.1) is 19.3 Å². The van der Waals surface area contributed by atoms with Crippen LogP contribution < -0.4 is 5.32 Å². The van der Waals surface area contributed by atoms with Crippen LogP contribution in [0.1, 0.15) is 44.3 Å². The van der Waals surface area contributed by atoms with Crippen LogP contribution in [0.4, 0.5) is 0 Å². The summed E-state index contributed by atoms with van der Waals surface area (Å²) >= 11 is 0. The van der Waals surface area contributed by atoms with Crippen molar-refractivity contribution in [2.45, 2.75) is 38.7 Å². The van der Waals surface area contributed by atoms with Crippen LogP contribution in [-0.4, -0.2) is 67.1 Å². The fourth-order valence-corrected chi connectivity index (χ4v) is 3.80. The molecule has 26 heavy (non-hydrogen) atoms. The van der Waals surface area contributed by atoms with Gasteiger partial charge < -0.3 is 19.7 Å². The lowest BCUT2D eigenvalue weighted by atomic mass is 9.67. The number of hydrogen-bond acceptors (Lipinski definition) is 4. The van der Waals surface area contributed by atoms with E-state index in [2.05, 4.69) is 22.2 Å². The van der Waals surface area contributed by atoms with Crippen LogP contribution in [0.15, 0.2) is 17.4 Å². The van der Waals surface area contributed by atoms with Gasteiger partial charge in [-0.05, 0) is 31.6 Å². The molecule has 146 valence electrons. The van der Waals surface area contributed by atoms with Gasteiger partial charge in [-0.2, -0.15) is 5.10 Å². The van der Waals surface area contributed by atoms with Crippen molar-refractivity contribution in [1.29, 1.82) is 0 Å². The number of aromatic nitrogens is 2. The van der Waals surface area contributed by atoms with E-state index in [9.17, 15) is 0 Å². The Bertz CT molecular complexity index is 597. The van der Waals surface area contributed by atoms with E-state index in [0.717, 1.165) is 50.7 Å². The van der Waals surface area contributed by atoms with Gasteiger partial charge in [0.25, 0.3) is 0 Å². The molecule has 0 amide bonds. The SMILES string of the molecule is CCNC(=NCC1(CCOC)CCC1)N1CCOC(c2cnn(C)c2)C1. The number of rotatable bonds is 7. The Morgan fingerprint density at radius 1 is 1.50 bits per heavy atom. The molecule has 2 aliphatic rings. The second kappa shape index (κ2) is 8.86. The lowest BCUT2D eigenvalue weighted by Gasteiger charge is -2.41. The monoisotopic (exact) mass is 363 g/mol. The zero-order valence-corrected chi connectivity index (χ0v) is 16.4. The summed E-state index contributed by atoms with van der Waals surface area (Å²) in [6.07, 6.45) is 8.93. The molecular weight excluding hydrogens is 330 g/mol. The van der Waals surface area contributed by atoms with Crippen molar-refractivity contribution in [3.05, 3.63) is 18.0 Å². The van der Waals surface area contributed by atoms with Crippen LogP contribution in [0.3, 0.4) is 0 Å². The van der Waals surface area contributed by atoms with Gasteiger partial charge in [0.1, 0.15) is 6.10 Å². The molecule has 1 saturated heterocycles. The second-order valence-corrected chi connectivity index (χ2v) is 7.52. The number of methoxy groups -OCH3 is 1. The Morgan fingerprint density at radius 3 is 2.96 bits per heavy atom. The van der Waals surface area contributed by atoms with E-state index in [1.54, 1.807) is 7.11 Å². The normalized spacial score (nSPS) is 23.0. The zero-order chi connectivity index (χ0) is 18.4. The molecule has 1 saturated carbocycles. The van der Waals surface area contributed by atoms with E-state index in [1.807, 2.05) is 24.1 Å². The highest BCUT2D eigenvalue weighted by molar-refractivity contribution is 5.80. The van der Waals surface area contributed by atoms with Crippen molar-refractivity contribution in [1.82, 2.24) is 20.0 Å². The molecule has 7 nitrogen and oxygen atoms in total. The van der Waals surface area contributed by atoms with Crippen molar-refractivity contribution < 1.29 is 9.47 Å². The molecule has 0 aromatic carbocycles. The average Bonchev–Trinajstić information content (AvgIpc) is 3.06. The van der Waals surface area contributed by atoms with Gasteiger partial charge >= 0.3 is 0 Å². The first-order valence-corrected chi connectivity index (χ1v) is 9.78. The number of nitrogens with zero attached hydrogens (tertiary/aromatic N) is 4. The Hall–Kier alpha value is -1.60. The predicted molar refractivity (Wildman–Crippen MR) is 102 cm³/mol. The molecule has 1 aliphatic carbocycles. The Balaban J connectivity index is 1.66. The zero-order valence-electron chi connectivity index (χ0n) is 16.4. The fourth-order valence-electron chi connectivity index (χ4n) is 3.80. The maximum atomic E-state index is 5.97. The van der Waals surface area contributed by atoms with Gasteiger partial charge in [-0.1, -0.05) is 6.42 Å². The quantitative estimate of drug-likeness (QED) is 0.593. The predicted octanol–water partition coefficient (Wildman–Crippen LogP) is 1.97. The second-order valence-electron chi connectivity index (χ2n) is 7.52. The molecule has 3 rings (SSSR count). The molecule has 0 bridgehead atoms. The molecule has 1 N–H and O–H groups in total. The Labute approximate surface area is 156 Å². The fraction of sp³-hybridized carbons (Fsp3) is 0.789. The van der Waals surface area contributed by atoms with Gasteiger partial charge in [0.15, 0.2) is 5.96 Å². The van der Waals surface area contributed by atoms with E-state index in [-0.39, 0.29) is 6.10 Å². The van der Waals surface area contributed by atoms with Crippen LogP contribution in [0.5, 0.6) is 0 Å². The van der Waals surface area contributed by atoms with Gasteiger partial charge in [0.2, 0.25) is 0 Å². The molecule has 1 aromatic heterocycles. The van der Waals surface area contributed by atoms with Gasteiger partial charge in [-0.25, -0.2) is 0 Å². The summed E-state index contributed by atoms with van der Waals surface area (Å²) in [6.45, 7) is 7.09. The number of nitrogens with one attached hydrogen (secondary N) is 1. The number of ether oxygens (including phenoxy) is 2. The first-order valence-electron chi connectivity index (χ1n) is 9.78. The van der Waals surface area contributed by atoms with Crippen molar-refractivity contribution in [3.63, 3.8) is 0 Å². The molecule has 1 unspecified atom stereocenters. The molecule has 2 fully saturated rings. The third-order valence-electron chi connectivity index (χ3n) is 5.61. The van der Waals surface area contributed by atoms with Crippen LogP contribution in [-0.2, 0) is 16.5 Å². The number of hydrogen-bond donors (Lipinski definition) is 1. The lowest BCUT2D eigenvalue weighted by Crippen LogP contribution is -2.48. The topological polar surface area (TPSA) is 63.9 Å². The third-order valence-corrected chi connectivity index (χ3v) is 5.61. The first kappa shape index (κ1) is 19.2. The number of aryl methyl sites for hydroxylation is 1. The summed E-state index contributed by atoms with van der Waals surface area (Å²) in [6, 6.07) is 0. The van der Waals surface area contributed by atoms with E-state index in [4.69, 9.17) is 14.5 Å². The highest BCUT2D eigenvalue weighted by Gasteiger charge is 2.36. The summed E-state index contributed by atoms with van der Waals surface area (Å²) < 4.78 is 13.1. The van der Waals surface area contributed by atoms with Crippen molar-refractivity contribution in [2.75, 3.05) is 46.5 Å². The summed E-state index contributed by atoms with van der Waals surface area (Å²) in [5, 5.41) is 7.75. The largest absolute Gasteiger partial charge is 0.385 e. The maximum Gasteiger partial charge on any atom is 0.194 e. The smallest absolute Gasteiger partial charge is 0.194 e. The highest BCUT2D eigenvalue weighted by atomic mass is 16.5. The Morgan fingerprint density at radius 2 is 2.35 bits per heavy atom. The minimum atomic E-state index is 0.0486. The van der Waals surface area contributed by atoms with Crippen molar-refractivity contribution >= 4 is 5.96 Å². The van der Waals surface area contributed by atoms with Crippen LogP contribution in [0.2, 0.25) is 0 Å². The minimum absolute atomic E-state index is 0.0486. The summed E-state index contributed by atoms with van der Waals surface area (Å²) in [4.78, 5) is 7.34. The van der Waals surface area contributed by atoms with E-state index in [1.165, 1.54) is 19.3 Å². The molecule has 0 spiro atoms. The van der Waals surface area contributed by atoms with E-state index in [0.29, 0.717) is 12.0 Å². The lowest BCUT2D eigenvalue weighted by molar-refractivity contribution is -0.00825. The van der Waals surface area contributed by atoms with Crippen molar-refractivity contribution in [3.8, 4) is 0 Å². The molecule has 2 heterocycles. The Kier molecular flexibility index (Phi) is 6.53. The third kappa shape index (κ3) is 4.57. The van der Waals surface area contributed by atoms with Gasteiger partial charge in [0, 0.05) is 52.2 Å². The summed E-state index contributed by atoms with van der Waals surface area (Å²) in [7, 11) is 3.72. The van der Waals surface area contributed by atoms with Crippen LogP contribution in [0, 0.1) is 5.41 Å². The standard InChI is InChI=1S/C19H33N5O2/c1-4-20-18(21-15-19(6-5-7-19)8-10-25-3)24-9-11-26-17(14-24)16-12-22-23(2)13-16/h12-13,17H,4-11,14-15H2,1-3H3,(H,20,21). The highest BCUT2D eigenvalue weighted by Crippen LogP contribution is 2.44. The van der Waals surface area contributed by atoms with E-state index < -0.39 is 0 Å².